The Bertz CT molecular complexity index is 1280. The van der Waals surface area contributed by atoms with E-state index in [2.05, 4.69) is 5.16 Å². The standard InChI is InChI=1S/C22H14N3O6/c26-19(14-10-9-12-5-1-2-6-13(12)11-14)18-17-20(31-23-18)22(28)24(21(17)27)15-7-3-4-8-16(15)25(29)30/h1-11,17,20,29H/q-1/t17-,20-/m1/s1. The number of carbonyl (C=O) groups is 3. The molecule has 1 fully saturated rings. The van der Waals surface area contributed by atoms with Crippen molar-refractivity contribution >= 4 is 45.5 Å². The van der Waals surface area contributed by atoms with Gasteiger partial charge in [-0.05, 0) is 29.0 Å². The molecular formula is C22H14N3O6-. The lowest BCUT2D eigenvalue weighted by molar-refractivity contribution is -0.126. The van der Waals surface area contributed by atoms with E-state index in [1.54, 1.807) is 18.2 Å². The van der Waals surface area contributed by atoms with Crippen molar-refractivity contribution < 1.29 is 24.4 Å². The minimum absolute atomic E-state index is 0.106. The van der Waals surface area contributed by atoms with Gasteiger partial charge in [-0.2, -0.15) is 0 Å². The molecule has 2 aliphatic heterocycles. The molecule has 0 unspecified atom stereocenters. The minimum atomic E-state index is -1.31. The Balaban J connectivity index is 1.50. The quantitative estimate of drug-likeness (QED) is 0.394. The summed E-state index contributed by atoms with van der Waals surface area (Å²) in [7, 11) is 0. The summed E-state index contributed by atoms with van der Waals surface area (Å²) in [5.74, 6) is -3.29. The number of anilines is 2. The van der Waals surface area contributed by atoms with Crippen LogP contribution in [0.1, 0.15) is 10.4 Å². The Hall–Kier alpha value is -4.08. The second-order valence-electron chi connectivity index (χ2n) is 7.14. The van der Waals surface area contributed by atoms with Crippen molar-refractivity contribution in [3.63, 3.8) is 0 Å². The SMILES string of the molecule is O=C(C1=NO[C@H]2C(=O)N(c3ccccc3N([O-])O)C(=O)[C@H]12)c1ccc2ccccc2c1. The molecular weight excluding hydrogens is 402 g/mol. The largest absolute Gasteiger partial charge is 0.733 e. The van der Waals surface area contributed by atoms with Gasteiger partial charge in [0.25, 0.3) is 5.91 Å². The van der Waals surface area contributed by atoms with Crippen molar-refractivity contribution in [1.82, 2.24) is 0 Å². The van der Waals surface area contributed by atoms with Gasteiger partial charge >= 0.3 is 0 Å². The van der Waals surface area contributed by atoms with E-state index in [9.17, 15) is 24.8 Å². The number of rotatable bonds is 4. The van der Waals surface area contributed by atoms with Gasteiger partial charge in [-0.15, -0.1) is 0 Å². The molecule has 9 nitrogen and oxygen atoms in total. The predicted octanol–water partition coefficient (Wildman–Crippen LogP) is 2.66. The second kappa shape index (κ2) is 7.01. The first kappa shape index (κ1) is 18.9. The fourth-order valence-corrected chi connectivity index (χ4v) is 3.90. The van der Waals surface area contributed by atoms with Crippen molar-refractivity contribution in [2.45, 2.75) is 6.10 Å². The Kier molecular flexibility index (Phi) is 4.28. The Morgan fingerprint density at radius 3 is 2.48 bits per heavy atom. The Morgan fingerprint density at radius 1 is 1.00 bits per heavy atom. The van der Waals surface area contributed by atoms with Crippen LogP contribution in [0.5, 0.6) is 0 Å². The van der Waals surface area contributed by atoms with Gasteiger partial charge in [-0.3, -0.25) is 19.6 Å². The summed E-state index contributed by atoms with van der Waals surface area (Å²) in [6, 6.07) is 18.2. The Morgan fingerprint density at radius 2 is 1.71 bits per heavy atom. The van der Waals surface area contributed by atoms with Gasteiger partial charge in [0, 0.05) is 5.56 Å². The summed E-state index contributed by atoms with van der Waals surface area (Å²) in [6.07, 6.45) is -1.31. The summed E-state index contributed by atoms with van der Waals surface area (Å²) in [4.78, 5) is 45.0. The van der Waals surface area contributed by atoms with Crippen LogP contribution in [-0.2, 0) is 14.4 Å². The Labute approximate surface area is 175 Å². The van der Waals surface area contributed by atoms with Gasteiger partial charge in [-0.25, -0.2) is 4.90 Å². The number of oxime groups is 1. The predicted molar refractivity (Wildman–Crippen MR) is 111 cm³/mol. The van der Waals surface area contributed by atoms with Gasteiger partial charge < -0.3 is 15.3 Å². The number of para-hydroxylation sites is 2. The molecule has 31 heavy (non-hydrogen) atoms. The third-order valence-electron chi connectivity index (χ3n) is 5.39. The summed E-state index contributed by atoms with van der Waals surface area (Å²) >= 11 is 0. The number of hydrogen-bond acceptors (Lipinski definition) is 8. The number of fused-ring (bicyclic) bond motifs is 2. The highest BCUT2D eigenvalue weighted by Gasteiger charge is 2.57. The minimum Gasteiger partial charge on any atom is -0.733 e. The molecule has 3 aromatic carbocycles. The van der Waals surface area contributed by atoms with E-state index < -0.39 is 34.8 Å². The van der Waals surface area contributed by atoms with Gasteiger partial charge in [0.15, 0.2) is 0 Å². The molecule has 0 aromatic heterocycles. The third kappa shape index (κ3) is 2.87. The molecule has 2 aliphatic rings. The number of ketones is 1. The first-order chi connectivity index (χ1) is 15.0. The smallest absolute Gasteiger partial charge is 0.279 e. The molecule has 0 bridgehead atoms. The summed E-state index contributed by atoms with van der Waals surface area (Å²) < 4.78 is 0. The van der Waals surface area contributed by atoms with Crippen LogP contribution < -0.4 is 10.1 Å². The van der Waals surface area contributed by atoms with E-state index in [0.717, 1.165) is 15.7 Å². The fourth-order valence-electron chi connectivity index (χ4n) is 3.90. The van der Waals surface area contributed by atoms with Crippen LogP contribution in [0.2, 0.25) is 0 Å². The number of Topliss-reactive ketones (excluding diaryl/α,β-unsaturated/α-hetero) is 1. The molecule has 0 aliphatic carbocycles. The van der Waals surface area contributed by atoms with E-state index in [1.807, 2.05) is 24.3 Å². The van der Waals surface area contributed by atoms with Crippen LogP contribution in [0, 0.1) is 11.1 Å². The van der Waals surface area contributed by atoms with E-state index in [4.69, 9.17) is 4.84 Å². The maximum Gasteiger partial charge on any atom is 0.279 e. The lowest BCUT2D eigenvalue weighted by Gasteiger charge is -2.27. The number of amides is 2. The van der Waals surface area contributed by atoms with Gasteiger partial charge in [0.05, 0.1) is 11.4 Å². The molecule has 1 saturated heterocycles. The summed E-state index contributed by atoms with van der Waals surface area (Å²) in [5.41, 5.74) is -0.266. The molecule has 2 heterocycles. The molecule has 0 spiro atoms. The topological polar surface area (TPSA) is 123 Å². The number of carbonyl (C=O) groups excluding carboxylic acids is 3. The van der Waals surface area contributed by atoms with Crippen molar-refractivity contribution in [3.8, 4) is 0 Å². The molecule has 2 amide bonds. The molecule has 3 aromatic rings. The third-order valence-corrected chi connectivity index (χ3v) is 5.39. The molecule has 5 rings (SSSR count). The highest BCUT2D eigenvalue weighted by molar-refractivity contribution is 6.52. The van der Waals surface area contributed by atoms with Crippen molar-refractivity contribution in [1.29, 1.82) is 0 Å². The molecule has 0 saturated carbocycles. The average molecular weight is 416 g/mol. The lowest BCUT2D eigenvalue weighted by atomic mass is 9.92. The normalized spacial score (nSPS) is 19.9. The average Bonchev–Trinajstić information content (AvgIpc) is 3.33. The zero-order chi connectivity index (χ0) is 21.7. The molecule has 154 valence electrons. The molecule has 9 heteroatoms. The highest BCUT2D eigenvalue weighted by atomic mass is 16.8. The maximum absolute atomic E-state index is 13.1. The van der Waals surface area contributed by atoms with Gasteiger partial charge in [-0.1, -0.05) is 53.7 Å². The number of imide groups is 1. The second-order valence-corrected chi connectivity index (χ2v) is 7.14. The van der Waals surface area contributed by atoms with Crippen LogP contribution in [0.25, 0.3) is 10.8 Å². The number of hydrogen-bond donors (Lipinski definition) is 1. The zero-order valence-electron chi connectivity index (χ0n) is 15.8. The van der Waals surface area contributed by atoms with Crippen LogP contribution >= 0.6 is 0 Å². The molecule has 2 atom stereocenters. The number of nitrogens with zero attached hydrogens (tertiary/aromatic N) is 3. The van der Waals surface area contributed by atoms with Crippen LogP contribution in [0.4, 0.5) is 11.4 Å². The van der Waals surface area contributed by atoms with Crippen molar-refractivity contribution in [2.75, 3.05) is 10.1 Å². The summed E-state index contributed by atoms with van der Waals surface area (Å²) in [5, 5.41) is 25.9. The van der Waals surface area contributed by atoms with Gasteiger partial charge in [0.2, 0.25) is 17.8 Å². The zero-order valence-corrected chi connectivity index (χ0v) is 15.8. The first-order valence-corrected chi connectivity index (χ1v) is 9.37. The van der Waals surface area contributed by atoms with Crippen molar-refractivity contribution in [2.24, 2.45) is 11.1 Å². The summed E-state index contributed by atoms with van der Waals surface area (Å²) in [6.45, 7) is 0. The van der Waals surface area contributed by atoms with Crippen LogP contribution in [-0.4, -0.2) is 34.6 Å². The van der Waals surface area contributed by atoms with E-state index in [-0.39, 0.29) is 17.1 Å². The van der Waals surface area contributed by atoms with E-state index in [1.165, 1.54) is 24.3 Å². The van der Waals surface area contributed by atoms with Crippen molar-refractivity contribution in [3.05, 3.63) is 77.5 Å². The van der Waals surface area contributed by atoms with Gasteiger partial charge in [0.1, 0.15) is 11.6 Å². The van der Waals surface area contributed by atoms with Crippen LogP contribution in [0.15, 0.2) is 71.9 Å². The highest BCUT2D eigenvalue weighted by Crippen LogP contribution is 2.38. The monoisotopic (exact) mass is 416 g/mol. The maximum atomic E-state index is 13.1. The van der Waals surface area contributed by atoms with Crippen LogP contribution in [0.3, 0.4) is 0 Å². The number of benzene rings is 3. The van der Waals surface area contributed by atoms with E-state index in [0.29, 0.717) is 5.56 Å². The fraction of sp³-hybridized carbons (Fsp3) is 0.0909. The first-order valence-electron chi connectivity index (χ1n) is 9.37. The molecule has 0 radical (unpaired) electrons. The van der Waals surface area contributed by atoms with E-state index >= 15 is 0 Å². The lowest BCUT2D eigenvalue weighted by Crippen LogP contribution is -2.35. The molecule has 1 N–H and O–H groups in total.